The van der Waals surface area contributed by atoms with E-state index in [0.717, 1.165) is 11.1 Å². The van der Waals surface area contributed by atoms with Gasteiger partial charge in [0.05, 0.1) is 11.6 Å². The second kappa shape index (κ2) is 5.15. The number of nitrogens with zero attached hydrogens (tertiary/aromatic N) is 1. The van der Waals surface area contributed by atoms with Crippen molar-refractivity contribution in [2.45, 2.75) is 0 Å². The third-order valence-corrected chi connectivity index (χ3v) is 2.41. The molecule has 2 aromatic rings. The molecule has 0 aliphatic heterocycles. The van der Waals surface area contributed by atoms with Crippen molar-refractivity contribution in [3.8, 4) is 11.8 Å². The number of phenolic OH excluding ortho intramolecular Hbond substituents is 1. The molecule has 0 atom stereocenters. The minimum absolute atomic E-state index is 0.0489. The summed E-state index contributed by atoms with van der Waals surface area (Å²) < 4.78 is 12.7. The Labute approximate surface area is 104 Å². The van der Waals surface area contributed by atoms with Gasteiger partial charge in [0, 0.05) is 0 Å². The Hall–Kier alpha value is -2.60. The number of hydrogen-bond donors (Lipinski definition) is 1. The standard InChI is InChI=1S/C15H10FNO/c16-14-5-3-11(4-6-14)1-2-12-7-13(10-17)9-15(18)8-12/h1-9,18H/b2-1+. The first-order chi connectivity index (χ1) is 8.67. The highest BCUT2D eigenvalue weighted by molar-refractivity contribution is 5.70. The van der Waals surface area contributed by atoms with E-state index in [-0.39, 0.29) is 11.6 Å². The summed E-state index contributed by atoms with van der Waals surface area (Å²) in [6.45, 7) is 0. The quantitative estimate of drug-likeness (QED) is 0.814. The molecular formula is C15H10FNO. The first-order valence-corrected chi connectivity index (χ1v) is 5.35. The van der Waals surface area contributed by atoms with E-state index in [1.807, 2.05) is 6.07 Å². The first kappa shape index (κ1) is 11.9. The van der Waals surface area contributed by atoms with Crippen molar-refractivity contribution in [1.82, 2.24) is 0 Å². The van der Waals surface area contributed by atoms with Crippen molar-refractivity contribution in [2.24, 2.45) is 0 Å². The van der Waals surface area contributed by atoms with E-state index in [1.54, 1.807) is 36.4 Å². The SMILES string of the molecule is N#Cc1cc(O)cc(/C=C/c2ccc(F)cc2)c1. The fourth-order valence-electron chi connectivity index (χ4n) is 1.56. The molecule has 3 heteroatoms. The van der Waals surface area contributed by atoms with Crippen LogP contribution in [0.1, 0.15) is 16.7 Å². The normalized spacial score (nSPS) is 10.4. The second-order valence-electron chi connectivity index (χ2n) is 3.81. The molecule has 88 valence electrons. The maximum Gasteiger partial charge on any atom is 0.123 e. The summed E-state index contributed by atoms with van der Waals surface area (Å²) in [7, 11) is 0. The van der Waals surface area contributed by atoms with Crippen LogP contribution in [0.5, 0.6) is 5.75 Å². The molecule has 0 amide bonds. The summed E-state index contributed by atoms with van der Waals surface area (Å²) in [5.41, 5.74) is 1.96. The number of halogens is 1. The van der Waals surface area contributed by atoms with Crippen LogP contribution in [0.3, 0.4) is 0 Å². The predicted octanol–water partition coefficient (Wildman–Crippen LogP) is 3.57. The van der Waals surface area contributed by atoms with Gasteiger partial charge in [-0.2, -0.15) is 5.26 Å². The molecule has 0 radical (unpaired) electrons. The Bertz CT molecular complexity index is 624. The van der Waals surface area contributed by atoms with Crippen LogP contribution in [0.15, 0.2) is 42.5 Å². The lowest BCUT2D eigenvalue weighted by Gasteiger charge is -1.98. The average molecular weight is 239 g/mol. The summed E-state index contributed by atoms with van der Waals surface area (Å²) in [5.74, 6) is -0.232. The van der Waals surface area contributed by atoms with Gasteiger partial charge in [-0.1, -0.05) is 24.3 Å². The lowest BCUT2D eigenvalue weighted by atomic mass is 10.1. The van der Waals surface area contributed by atoms with Gasteiger partial charge in [0.2, 0.25) is 0 Å². The molecule has 0 fully saturated rings. The van der Waals surface area contributed by atoms with Gasteiger partial charge in [-0.15, -0.1) is 0 Å². The Balaban J connectivity index is 2.26. The molecule has 0 aliphatic carbocycles. The van der Waals surface area contributed by atoms with Crippen molar-refractivity contribution in [3.63, 3.8) is 0 Å². The number of benzene rings is 2. The Morgan fingerprint density at radius 3 is 2.33 bits per heavy atom. The molecule has 0 aliphatic rings. The minimum Gasteiger partial charge on any atom is -0.508 e. The van der Waals surface area contributed by atoms with Crippen LogP contribution >= 0.6 is 0 Å². The smallest absolute Gasteiger partial charge is 0.123 e. The van der Waals surface area contributed by atoms with Crippen LogP contribution in [-0.4, -0.2) is 5.11 Å². The molecule has 0 saturated carbocycles. The van der Waals surface area contributed by atoms with Gasteiger partial charge < -0.3 is 5.11 Å². The molecule has 0 saturated heterocycles. The molecular weight excluding hydrogens is 229 g/mol. The average Bonchev–Trinajstić information content (AvgIpc) is 2.37. The minimum atomic E-state index is -0.281. The summed E-state index contributed by atoms with van der Waals surface area (Å²) in [6.07, 6.45) is 3.54. The van der Waals surface area contributed by atoms with E-state index in [1.165, 1.54) is 18.2 Å². The van der Waals surface area contributed by atoms with Crippen LogP contribution < -0.4 is 0 Å². The summed E-state index contributed by atoms with van der Waals surface area (Å²) in [5, 5.41) is 18.2. The van der Waals surface area contributed by atoms with Crippen molar-refractivity contribution < 1.29 is 9.50 Å². The molecule has 2 nitrogen and oxygen atoms in total. The van der Waals surface area contributed by atoms with E-state index in [0.29, 0.717) is 5.56 Å². The van der Waals surface area contributed by atoms with Crippen molar-refractivity contribution >= 4 is 12.2 Å². The highest BCUT2D eigenvalue weighted by Gasteiger charge is 1.97. The molecule has 0 unspecified atom stereocenters. The lowest BCUT2D eigenvalue weighted by Crippen LogP contribution is -1.78. The van der Waals surface area contributed by atoms with E-state index < -0.39 is 0 Å². The van der Waals surface area contributed by atoms with Crippen LogP contribution in [0.4, 0.5) is 4.39 Å². The molecule has 0 spiro atoms. The lowest BCUT2D eigenvalue weighted by molar-refractivity contribution is 0.475. The maximum absolute atomic E-state index is 12.7. The van der Waals surface area contributed by atoms with E-state index in [2.05, 4.69) is 0 Å². The highest BCUT2D eigenvalue weighted by atomic mass is 19.1. The predicted molar refractivity (Wildman–Crippen MR) is 68.1 cm³/mol. The van der Waals surface area contributed by atoms with E-state index in [9.17, 15) is 9.50 Å². The number of nitriles is 1. The van der Waals surface area contributed by atoms with Gasteiger partial charge in [0.25, 0.3) is 0 Å². The Morgan fingerprint density at radius 1 is 1.00 bits per heavy atom. The zero-order chi connectivity index (χ0) is 13.0. The number of aromatic hydroxyl groups is 1. The van der Waals surface area contributed by atoms with Gasteiger partial charge in [-0.25, -0.2) is 4.39 Å². The fraction of sp³-hybridized carbons (Fsp3) is 0. The molecule has 2 rings (SSSR count). The van der Waals surface area contributed by atoms with Gasteiger partial charge in [-0.3, -0.25) is 0 Å². The van der Waals surface area contributed by atoms with Crippen LogP contribution in [0, 0.1) is 17.1 Å². The topological polar surface area (TPSA) is 44.0 Å². The second-order valence-corrected chi connectivity index (χ2v) is 3.81. The Kier molecular flexibility index (Phi) is 3.40. The summed E-state index contributed by atoms with van der Waals surface area (Å²) in [6, 6.07) is 12.7. The summed E-state index contributed by atoms with van der Waals surface area (Å²) in [4.78, 5) is 0. The largest absolute Gasteiger partial charge is 0.508 e. The van der Waals surface area contributed by atoms with Gasteiger partial charge in [0.15, 0.2) is 0 Å². The molecule has 0 heterocycles. The monoisotopic (exact) mass is 239 g/mol. The molecule has 0 bridgehead atoms. The van der Waals surface area contributed by atoms with Gasteiger partial charge in [0.1, 0.15) is 11.6 Å². The van der Waals surface area contributed by atoms with Crippen molar-refractivity contribution in [1.29, 1.82) is 5.26 Å². The van der Waals surface area contributed by atoms with Crippen molar-refractivity contribution in [3.05, 3.63) is 65.0 Å². The zero-order valence-corrected chi connectivity index (χ0v) is 9.47. The van der Waals surface area contributed by atoms with E-state index >= 15 is 0 Å². The van der Waals surface area contributed by atoms with Crippen LogP contribution in [0.25, 0.3) is 12.2 Å². The maximum atomic E-state index is 12.7. The first-order valence-electron chi connectivity index (χ1n) is 5.35. The molecule has 18 heavy (non-hydrogen) atoms. The fourth-order valence-corrected chi connectivity index (χ4v) is 1.56. The number of rotatable bonds is 2. The van der Waals surface area contributed by atoms with Gasteiger partial charge >= 0.3 is 0 Å². The van der Waals surface area contributed by atoms with Crippen LogP contribution in [0.2, 0.25) is 0 Å². The summed E-state index contributed by atoms with van der Waals surface area (Å²) >= 11 is 0. The molecule has 1 N–H and O–H groups in total. The number of phenols is 1. The molecule has 0 aromatic heterocycles. The number of hydrogen-bond acceptors (Lipinski definition) is 2. The zero-order valence-electron chi connectivity index (χ0n) is 9.47. The highest BCUT2D eigenvalue weighted by Crippen LogP contribution is 2.17. The van der Waals surface area contributed by atoms with Crippen molar-refractivity contribution in [2.75, 3.05) is 0 Å². The van der Waals surface area contributed by atoms with Crippen LogP contribution in [-0.2, 0) is 0 Å². The third-order valence-electron chi connectivity index (χ3n) is 2.41. The van der Waals surface area contributed by atoms with E-state index in [4.69, 9.17) is 5.26 Å². The Morgan fingerprint density at radius 2 is 1.67 bits per heavy atom. The third kappa shape index (κ3) is 2.96. The molecule has 2 aromatic carbocycles. The van der Waals surface area contributed by atoms with Gasteiger partial charge in [-0.05, 0) is 41.5 Å².